The van der Waals surface area contributed by atoms with Crippen LogP contribution in [0.1, 0.15) is 63.3 Å². The first-order valence-electron chi connectivity index (χ1n) is 12.3. The first kappa shape index (κ1) is 26.9. The molecule has 196 valence electrons. The normalized spacial score (nSPS) is 17.0. The van der Waals surface area contributed by atoms with Gasteiger partial charge in [-0.25, -0.2) is 9.97 Å². The second-order valence-corrected chi connectivity index (χ2v) is 12.2. The highest BCUT2D eigenvalue weighted by atomic mass is 32.1. The van der Waals surface area contributed by atoms with Gasteiger partial charge in [0, 0.05) is 17.3 Å². The summed E-state index contributed by atoms with van der Waals surface area (Å²) in [5.41, 5.74) is 1.01. The number of rotatable bonds is 10. The minimum Gasteiger partial charge on any atom is -0.356 e. The van der Waals surface area contributed by atoms with Gasteiger partial charge in [0.25, 0.3) is 5.91 Å². The molecule has 0 bridgehead atoms. The molecule has 1 aliphatic heterocycles. The molecule has 3 heterocycles. The molecule has 11 heteroatoms. The van der Waals surface area contributed by atoms with Crippen molar-refractivity contribution in [1.29, 1.82) is 0 Å². The molecule has 2 aromatic heterocycles. The van der Waals surface area contributed by atoms with Crippen molar-refractivity contribution in [3.8, 4) is 0 Å². The van der Waals surface area contributed by atoms with Gasteiger partial charge in [-0.1, -0.05) is 26.0 Å². The Labute approximate surface area is 223 Å². The van der Waals surface area contributed by atoms with E-state index in [2.05, 4.69) is 25.9 Å². The summed E-state index contributed by atoms with van der Waals surface area (Å²) in [4.78, 5) is 61.9. The molecule has 37 heavy (non-hydrogen) atoms. The summed E-state index contributed by atoms with van der Waals surface area (Å²) < 4.78 is 0.869. The molecule has 0 spiro atoms. The molecule has 0 aliphatic carbocycles. The Hall–Kier alpha value is -3.18. The van der Waals surface area contributed by atoms with Crippen LogP contribution in [-0.2, 0) is 9.59 Å². The molecule has 0 saturated carbocycles. The summed E-state index contributed by atoms with van der Waals surface area (Å²) in [6.45, 7) is 8.09. The fourth-order valence-corrected chi connectivity index (χ4v) is 6.23. The van der Waals surface area contributed by atoms with Crippen LogP contribution in [0.3, 0.4) is 0 Å². The Bertz CT molecular complexity index is 1300. The highest BCUT2D eigenvalue weighted by Crippen LogP contribution is 2.25. The van der Waals surface area contributed by atoms with E-state index in [1.165, 1.54) is 22.7 Å². The third-order valence-corrected chi connectivity index (χ3v) is 8.21. The molecule has 3 N–H and O–H groups in total. The van der Waals surface area contributed by atoms with Gasteiger partial charge in [0.2, 0.25) is 17.6 Å². The summed E-state index contributed by atoms with van der Waals surface area (Å²) in [5, 5.41) is 9.51. The van der Waals surface area contributed by atoms with E-state index >= 15 is 0 Å². The monoisotopic (exact) mass is 541 g/mol. The third kappa shape index (κ3) is 6.40. The van der Waals surface area contributed by atoms with E-state index in [0.29, 0.717) is 30.6 Å². The number of fused-ring (bicyclic) bond motifs is 1. The number of nitrogens with one attached hydrogen (secondary N) is 3. The van der Waals surface area contributed by atoms with Gasteiger partial charge in [0.1, 0.15) is 11.7 Å². The summed E-state index contributed by atoms with van der Waals surface area (Å²) in [7, 11) is 0. The second kappa shape index (κ2) is 11.5. The molecule has 0 radical (unpaired) electrons. The van der Waals surface area contributed by atoms with Crippen LogP contribution in [0.2, 0.25) is 0 Å². The molecule has 9 nitrogen and oxygen atoms in total. The maximum absolute atomic E-state index is 13.6. The zero-order valence-electron chi connectivity index (χ0n) is 21.3. The van der Waals surface area contributed by atoms with E-state index in [1.807, 2.05) is 52.0 Å². The summed E-state index contributed by atoms with van der Waals surface area (Å²) >= 11 is 2.68. The molecule has 3 atom stereocenters. The summed E-state index contributed by atoms with van der Waals surface area (Å²) in [5.74, 6) is -1.64. The number of nitrogens with zero attached hydrogens (tertiary/aromatic N) is 2. The Kier molecular flexibility index (Phi) is 8.33. The number of hydrogen-bond acceptors (Lipinski definition) is 8. The molecule has 0 unspecified atom stereocenters. The van der Waals surface area contributed by atoms with Crippen LogP contribution in [-0.4, -0.2) is 52.1 Å². The number of aryl methyl sites for hydroxylation is 2. The lowest BCUT2D eigenvalue weighted by Gasteiger charge is -2.24. The number of aromatic nitrogens is 2. The number of benzene rings is 1. The van der Waals surface area contributed by atoms with Gasteiger partial charge >= 0.3 is 0 Å². The van der Waals surface area contributed by atoms with E-state index < -0.39 is 23.9 Å². The molecule has 1 saturated heterocycles. The highest BCUT2D eigenvalue weighted by Gasteiger charge is 2.35. The van der Waals surface area contributed by atoms with Crippen LogP contribution in [0.25, 0.3) is 10.2 Å². The number of ketones is 1. The van der Waals surface area contributed by atoms with Gasteiger partial charge in [-0.3, -0.25) is 19.2 Å². The molecule has 1 aromatic carbocycles. The number of carbonyl (C=O) groups is 4. The number of carbonyl (C=O) groups excluding carboxylic acids is 4. The van der Waals surface area contributed by atoms with Crippen molar-refractivity contribution in [2.24, 2.45) is 11.8 Å². The lowest BCUT2D eigenvalue weighted by atomic mass is 9.95. The molecular formula is C26H31N5O4S2. The van der Waals surface area contributed by atoms with Crippen molar-refractivity contribution in [3.05, 3.63) is 44.9 Å². The number of para-hydroxylation sites is 1. The first-order valence-corrected chi connectivity index (χ1v) is 14.0. The number of Topliss-reactive ketones (excluding diaryl/α,β-unsaturated/α-hetero) is 1. The van der Waals surface area contributed by atoms with E-state index in [-0.39, 0.29) is 35.0 Å². The van der Waals surface area contributed by atoms with E-state index in [4.69, 9.17) is 0 Å². The van der Waals surface area contributed by atoms with Crippen molar-refractivity contribution in [2.75, 3.05) is 6.54 Å². The Morgan fingerprint density at radius 3 is 2.46 bits per heavy atom. The van der Waals surface area contributed by atoms with Gasteiger partial charge in [0.05, 0.1) is 21.3 Å². The topological polar surface area (TPSA) is 130 Å². The Morgan fingerprint density at radius 2 is 1.84 bits per heavy atom. The molecule has 4 rings (SSSR count). The van der Waals surface area contributed by atoms with Gasteiger partial charge in [-0.2, -0.15) is 0 Å². The van der Waals surface area contributed by atoms with Crippen molar-refractivity contribution in [2.45, 2.75) is 59.0 Å². The van der Waals surface area contributed by atoms with Crippen molar-refractivity contribution in [1.82, 2.24) is 25.9 Å². The standard InChI is InChI=1S/C26H31N5O4S2/c1-13(2)11-19(30-25(35)21-14(3)36-15(4)28-21)24(34)29-18(12-16-9-10-27-23(16)33)22(32)26-31-17-7-5-6-8-20(17)37-26/h5-8,13,16,18-19H,9-12H2,1-4H3,(H,27,33)(H,29,34)(H,30,35)/t16-,18-,19-/m0/s1. The fourth-order valence-electron chi connectivity index (χ4n) is 4.45. The van der Waals surface area contributed by atoms with Crippen LogP contribution in [0, 0.1) is 25.7 Å². The Morgan fingerprint density at radius 1 is 1.08 bits per heavy atom. The molecule has 1 aliphatic rings. The predicted molar refractivity (Wildman–Crippen MR) is 144 cm³/mol. The van der Waals surface area contributed by atoms with Gasteiger partial charge in [-0.15, -0.1) is 22.7 Å². The minimum atomic E-state index is -0.947. The van der Waals surface area contributed by atoms with Gasteiger partial charge in [-0.05, 0) is 51.2 Å². The molecule has 3 amide bonds. The summed E-state index contributed by atoms with van der Waals surface area (Å²) in [6.07, 6.45) is 1.14. The van der Waals surface area contributed by atoms with Crippen LogP contribution in [0.15, 0.2) is 24.3 Å². The van der Waals surface area contributed by atoms with Crippen molar-refractivity contribution < 1.29 is 19.2 Å². The van der Waals surface area contributed by atoms with Crippen LogP contribution < -0.4 is 16.0 Å². The van der Waals surface area contributed by atoms with E-state index in [0.717, 1.165) is 14.6 Å². The van der Waals surface area contributed by atoms with Gasteiger partial charge in [0.15, 0.2) is 5.01 Å². The highest BCUT2D eigenvalue weighted by molar-refractivity contribution is 7.20. The third-order valence-electron chi connectivity index (χ3n) is 6.27. The zero-order valence-corrected chi connectivity index (χ0v) is 22.9. The van der Waals surface area contributed by atoms with Crippen molar-refractivity contribution >= 4 is 56.4 Å². The number of amides is 3. The molecular weight excluding hydrogens is 510 g/mol. The molecule has 3 aromatic rings. The molecule has 1 fully saturated rings. The zero-order chi connectivity index (χ0) is 26.7. The Balaban J connectivity index is 1.57. The first-order chi connectivity index (χ1) is 17.6. The maximum atomic E-state index is 13.6. The van der Waals surface area contributed by atoms with Crippen LogP contribution in [0.4, 0.5) is 0 Å². The van der Waals surface area contributed by atoms with Crippen molar-refractivity contribution in [3.63, 3.8) is 0 Å². The second-order valence-electron chi connectivity index (χ2n) is 9.72. The quantitative estimate of drug-likeness (QED) is 0.337. The fraction of sp³-hybridized carbons (Fsp3) is 0.462. The largest absolute Gasteiger partial charge is 0.356 e. The average Bonchev–Trinajstić information content (AvgIpc) is 3.55. The van der Waals surface area contributed by atoms with E-state index in [9.17, 15) is 19.2 Å². The van der Waals surface area contributed by atoms with Gasteiger partial charge < -0.3 is 16.0 Å². The van der Waals surface area contributed by atoms with Crippen LogP contribution >= 0.6 is 22.7 Å². The van der Waals surface area contributed by atoms with Crippen LogP contribution in [0.5, 0.6) is 0 Å². The lowest BCUT2D eigenvalue weighted by molar-refractivity contribution is -0.125. The number of thiazole rings is 2. The SMILES string of the molecule is Cc1nc(C(=O)N[C@@H](CC(C)C)C(=O)N[C@@H](C[C@@H]2CCNC2=O)C(=O)c2nc3ccccc3s2)c(C)s1. The van der Waals surface area contributed by atoms with E-state index in [1.54, 1.807) is 0 Å². The lowest BCUT2D eigenvalue weighted by Crippen LogP contribution is -2.52. The summed E-state index contributed by atoms with van der Waals surface area (Å²) in [6, 6.07) is 5.63. The maximum Gasteiger partial charge on any atom is 0.271 e. The average molecular weight is 542 g/mol. The smallest absolute Gasteiger partial charge is 0.271 e. The predicted octanol–water partition coefficient (Wildman–Crippen LogP) is 3.41. The number of hydrogen-bond donors (Lipinski definition) is 3. The minimum absolute atomic E-state index is 0.105.